The van der Waals surface area contributed by atoms with Gasteiger partial charge in [-0.1, -0.05) is 149 Å². The van der Waals surface area contributed by atoms with Crippen LogP contribution < -0.4 is 0 Å². The summed E-state index contributed by atoms with van der Waals surface area (Å²) in [5.74, 6) is 0. The highest BCUT2D eigenvalue weighted by atomic mass is 31.1. The van der Waals surface area contributed by atoms with Crippen molar-refractivity contribution >= 4 is 8.58 Å². The third kappa shape index (κ3) is 26.4. The van der Waals surface area contributed by atoms with Gasteiger partial charge in [-0.3, -0.25) is 0 Å². The molecule has 0 rings (SSSR count). The minimum absolute atomic E-state index is 1.26. The summed E-state index contributed by atoms with van der Waals surface area (Å²) in [7, 11) is 1.26. The zero-order chi connectivity index (χ0) is 20.4. The fourth-order valence-electron chi connectivity index (χ4n) is 4.13. The first-order chi connectivity index (χ1) is 13.9. The maximum Gasteiger partial charge on any atom is -0.0353 e. The number of hydrogen-bond donors (Lipinski definition) is 0. The second kappa shape index (κ2) is 27.4. The Balaban J connectivity index is 2.96. The highest BCUT2D eigenvalue weighted by Crippen LogP contribution is 2.19. The molecule has 1 heteroatoms. The van der Waals surface area contributed by atoms with Gasteiger partial charge in [0.1, 0.15) is 0 Å². The minimum Gasteiger partial charge on any atom is -0.122 e. The third-order valence-electron chi connectivity index (χ3n) is 6.16. The minimum atomic E-state index is 1.26. The van der Waals surface area contributed by atoms with Gasteiger partial charge in [0.05, 0.1) is 0 Å². The average Bonchev–Trinajstić information content (AvgIpc) is 2.71. The van der Waals surface area contributed by atoms with Crippen LogP contribution in [-0.2, 0) is 0 Å². The Morgan fingerprint density at radius 3 is 0.750 bits per heavy atom. The van der Waals surface area contributed by atoms with E-state index >= 15 is 0 Å². The molecule has 0 heterocycles. The largest absolute Gasteiger partial charge is 0.122 e. The van der Waals surface area contributed by atoms with E-state index in [0.29, 0.717) is 0 Å². The van der Waals surface area contributed by atoms with Gasteiger partial charge in [0.15, 0.2) is 0 Å². The maximum atomic E-state index is 2.30. The molecule has 0 aliphatic carbocycles. The van der Waals surface area contributed by atoms with Gasteiger partial charge in [-0.15, -0.1) is 8.58 Å². The average molecular weight is 413 g/mol. The van der Waals surface area contributed by atoms with E-state index in [9.17, 15) is 0 Å². The van der Waals surface area contributed by atoms with Gasteiger partial charge >= 0.3 is 0 Å². The summed E-state index contributed by atoms with van der Waals surface area (Å²) in [5.41, 5.74) is 0. The highest BCUT2D eigenvalue weighted by Gasteiger charge is 1.95. The van der Waals surface area contributed by atoms with Gasteiger partial charge in [-0.25, -0.2) is 0 Å². The number of hydrogen-bond acceptors (Lipinski definition) is 0. The molecule has 170 valence electrons. The van der Waals surface area contributed by atoms with Gasteiger partial charge in [-0.05, 0) is 25.2 Å². The Bertz CT molecular complexity index is 225. The van der Waals surface area contributed by atoms with Crippen molar-refractivity contribution in [1.82, 2.24) is 0 Å². The normalized spacial score (nSPS) is 11.8. The molecule has 0 bridgehead atoms. The van der Waals surface area contributed by atoms with Crippen molar-refractivity contribution in [3.63, 3.8) is 0 Å². The van der Waals surface area contributed by atoms with Crippen molar-refractivity contribution in [2.75, 3.05) is 12.3 Å². The van der Waals surface area contributed by atoms with Crippen LogP contribution in [0.3, 0.4) is 0 Å². The van der Waals surface area contributed by atoms with Crippen LogP contribution in [0.15, 0.2) is 0 Å². The number of rotatable bonds is 25. The second-order valence-electron chi connectivity index (χ2n) is 9.17. The molecule has 0 amide bonds. The first kappa shape index (κ1) is 28.4. The van der Waals surface area contributed by atoms with Crippen LogP contribution in [0.1, 0.15) is 162 Å². The van der Waals surface area contributed by atoms with Crippen LogP contribution in [0.5, 0.6) is 0 Å². The van der Waals surface area contributed by atoms with Crippen molar-refractivity contribution < 1.29 is 0 Å². The van der Waals surface area contributed by atoms with Crippen LogP contribution in [-0.4, -0.2) is 12.3 Å². The predicted molar refractivity (Wildman–Crippen MR) is 136 cm³/mol. The lowest BCUT2D eigenvalue weighted by Gasteiger charge is -2.04. The summed E-state index contributed by atoms with van der Waals surface area (Å²) in [6, 6.07) is 0. The van der Waals surface area contributed by atoms with E-state index in [1.165, 1.54) is 169 Å². The van der Waals surface area contributed by atoms with Crippen LogP contribution in [0, 0.1) is 0 Å². The molecule has 28 heavy (non-hydrogen) atoms. The molecule has 0 spiro atoms. The molecular formula is C27H57P. The number of unbranched alkanes of at least 4 members (excludes halogenated alkanes) is 21. The molecule has 0 radical (unpaired) electrons. The quantitative estimate of drug-likeness (QED) is 0.103. The summed E-state index contributed by atoms with van der Waals surface area (Å²) in [6.07, 6.45) is 37.0. The summed E-state index contributed by atoms with van der Waals surface area (Å²) < 4.78 is 0. The molecular weight excluding hydrogens is 355 g/mol. The third-order valence-corrected chi connectivity index (χ3v) is 7.58. The molecule has 1 atom stereocenters. The predicted octanol–water partition coefficient (Wildman–Crippen LogP) is 10.7. The summed E-state index contributed by atoms with van der Waals surface area (Å²) in [6.45, 7) is 4.61. The van der Waals surface area contributed by atoms with Crippen molar-refractivity contribution in [3.8, 4) is 0 Å². The first-order valence-electron chi connectivity index (χ1n) is 13.6. The van der Waals surface area contributed by atoms with Gasteiger partial charge < -0.3 is 0 Å². The van der Waals surface area contributed by atoms with Gasteiger partial charge in [0.2, 0.25) is 0 Å². The molecule has 0 N–H and O–H groups in total. The van der Waals surface area contributed by atoms with Crippen molar-refractivity contribution in [1.29, 1.82) is 0 Å². The Morgan fingerprint density at radius 1 is 0.286 bits per heavy atom. The van der Waals surface area contributed by atoms with E-state index in [2.05, 4.69) is 13.8 Å². The lowest BCUT2D eigenvalue weighted by molar-refractivity contribution is 0.548. The monoisotopic (exact) mass is 412 g/mol. The molecule has 0 saturated carbocycles. The standard InChI is InChI=1S/C27H57P/c1-3-5-7-9-11-13-15-17-19-21-23-25-27-28-26-24-22-20-18-16-14-12-10-8-6-4-2/h28H,3-27H2,1-2H3. The zero-order valence-corrected chi connectivity index (χ0v) is 21.2. The zero-order valence-electron chi connectivity index (χ0n) is 20.2. The lowest BCUT2D eigenvalue weighted by atomic mass is 10.1. The highest BCUT2D eigenvalue weighted by molar-refractivity contribution is 7.37. The Labute approximate surface area is 182 Å². The lowest BCUT2D eigenvalue weighted by Crippen LogP contribution is -1.86. The van der Waals surface area contributed by atoms with E-state index in [1.54, 1.807) is 0 Å². The SMILES string of the molecule is CCCCCCCCCCCCCCPCCCCCCCCCCCCC. The fraction of sp³-hybridized carbons (Fsp3) is 1.00. The molecule has 0 nitrogen and oxygen atoms in total. The second-order valence-corrected chi connectivity index (χ2v) is 10.7. The van der Waals surface area contributed by atoms with Crippen molar-refractivity contribution in [3.05, 3.63) is 0 Å². The van der Waals surface area contributed by atoms with Gasteiger partial charge in [0, 0.05) is 0 Å². The molecule has 0 saturated heterocycles. The summed E-state index contributed by atoms with van der Waals surface area (Å²) in [5, 5.41) is 0. The fourth-order valence-corrected chi connectivity index (χ4v) is 5.38. The molecule has 0 aromatic heterocycles. The molecule has 0 aliphatic rings. The van der Waals surface area contributed by atoms with Crippen LogP contribution in [0.4, 0.5) is 0 Å². The molecule has 0 aromatic rings. The smallest absolute Gasteiger partial charge is 0.0353 e. The Kier molecular flexibility index (Phi) is 27.9. The molecule has 0 fully saturated rings. The van der Waals surface area contributed by atoms with E-state index in [1.807, 2.05) is 0 Å². The van der Waals surface area contributed by atoms with E-state index in [-0.39, 0.29) is 0 Å². The first-order valence-corrected chi connectivity index (χ1v) is 15.0. The Hall–Kier alpha value is 0.430. The van der Waals surface area contributed by atoms with Gasteiger partial charge in [-0.2, -0.15) is 0 Å². The van der Waals surface area contributed by atoms with Crippen LogP contribution in [0.2, 0.25) is 0 Å². The van der Waals surface area contributed by atoms with Crippen molar-refractivity contribution in [2.24, 2.45) is 0 Å². The van der Waals surface area contributed by atoms with Crippen LogP contribution >= 0.6 is 8.58 Å². The van der Waals surface area contributed by atoms with E-state index < -0.39 is 0 Å². The van der Waals surface area contributed by atoms with E-state index in [4.69, 9.17) is 0 Å². The maximum absolute atomic E-state index is 2.30. The topological polar surface area (TPSA) is 0 Å². The molecule has 1 unspecified atom stereocenters. The molecule has 0 aromatic carbocycles. The molecule has 0 aliphatic heterocycles. The van der Waals surface area contributed by atoms with Crippen molar-refractivity contribution in [2.45, 2.75) is 162 Å². The van der Waals surface area contributed by atoms with Crippen LogP contribution in [0.25, 0.3) is 0 Å². The van der Waals surface area contributed by atoms with E-state index in [0.717, 1.165) is 0 Å². The summed E-state index contributed by atoms with van der Waals surface area (Å²) >= 11 is 0. The van der Waals surface area contributed by atoms with Gasteiger partial charge in [0.25, 0.3) is 0 Å². The Morgan fingerprint density at radius 2 is 0.500 bits per heavy atom. The summed E-state index contributed by atoms with van der Waals surface area (Å²) in [4.78, 5) is 0.